The van der Waals surface area contributed by atoms with Crippen LogP contribution >= 0.6 is 0 Å². The summed E-state index contributed by atoms with van der Waals surface area (Å²) < 4.78 is 5.34. The van der Waals surface area contributed by atoms with Gasteiger partial charge in [0.15, 0.2) is 0 Å². The second-order valence-electron chi connectivity index (χ2n) is 3.78. The summed E-state index contributed by atoms with van der Waals surface area (Å²) in [5.74, 6) is 1.10. The van der Waals surface area contributed by atoms with Crippen molar-refractivity contribution in [3.8, 4) is 0 Å². The lowest BCUT2D eigenvalue weighted by molar-refractivity contribution is -0.113. The molecule has 2 fully saturated rings. The number of nitrogens with zero attached hydrogens (tertiary/aromatic N) is 2. The Morgan fingerprint density at radius 2 is 2.54 bits per heavy atom. The molecule has 0 aromatic carbocycles. The number of hydrogen-bond acceptors (Lipinski definition) is 3. The standard InChI is InChI=1S/C10H12N2O/c1-7-2-3-11-10(4-7)12-5-9-8(12)6-13-9/h2-4,8-9H,5-6H2,1H3/t8-,9?/m0/s1. The third kappa shape index (κ3) is 0.968. The van der Waals surface area contributed by atoms with Crippen LogP contribution in [0.3, 0.4) is 0 Å². The Hall–Kier alpha value is -1.09. The molecule has 2 aliphatic rings. The smallest absolute Gasteiger partial charge is 0.129 e. The van der Waals surface area contributed by atoms with E-state index < -0.39 is 0 Å². The van der Waals surface area contributed by atoms with Gasteiger partial charge in [-0.15, -0.1) is 0 Å². The van der Waals surface area contributed by atoms with E-state index in [0.29, 0.717) is 12.1 Å². The van der Waals surface area contributed by atoms with Crippen molar-refractivity contribution < 1.29 is 4.74 Å². The van der Waals surface area contributed by atoms with Gasteiger partial charge in [0.2, 0.25) is 0 Å². The fourth-order valence-corrected chi connectivity index (χ4v) is 1.92. The molecule has 2 atom stereocenters. The van der Waals surface area contributed by atoms with Gasteiger partial charge in [-0.05, 0) is 24.6 Å². The Morgan fingerprint density at radius 1 is 1.62 bits per heavy atom. The van der Waals surface area contributed by atoms with Crippen LogP contribution < -0.4 is 4.90 Å². The van der Waals surface area contributed by atoms with Crippen molar-refractivity contribution in [3.05, 3.63) is 23.9 Å². The van der Waals surface area contributed by atoms with Gasteiger partial charge in [0.25, 0.3) is 0 Å². The number of aromatic nitrogens is 1. The minimum atomic E-state index is 0.488. The third-order valence-corrected chi connectivity index (χ3v) is 2.88. The molecule has 13 heavy (non-hydrogen) atoms. The van der Waals surface area contributed by atoms with E-state index >= 15 is 0 Å². The fraction of sp³-hybridized carbons (Fsp3) is 0.500. The lowest BCUT2D eigenvalue weighted by Gasteiger charge is -2.55. The summed E-state index contributed by atoms with van der Waals surface area (Å²) in [6.45, 7) is 3.99. The number of ether oxygens (including phenoxy) is 1. The monoisotopic (exact) mass is 176 g/mol. The topological polar surface area (TPSA) is 25.4 Å². The summed E-state index contributed by atoms with van der Waals surface area (Å²) in [5.41, 5.74) is 1.27. The second-order valence-corrected chi connectivity index (χ2v) is 3.78. The second kappa shape index (κ2) is 2.45. The number of fused-ring (bicyclic) bond motifs is 1. The maximum Gasteiger partial charge on any atom is 0.129 e. The van der Waals surface area contributed by atoms with Gasteiger partial charge in [-0.2, -0.15) is 0 Å². The van der Waals surface area contributed by atoms with E-state index in [0.717, 1.165) is 19.0 Å². The van der Waals surface area contributed by atoms with E-state index in [4.69, 9.17) is 4.74 Å². The quantitative estimate of drug-likeness (QED) is 0.637. The van der Waals surface area contributed by atoms with E-state index in [1.165, 1.54) is 5.56 Å². The van der Waals surface area contributed by atoms with Gasteiger partial charge in [0, 0.05) is 12.7 Å². The van der Waals surface area contributed by atoms with Crippen LogP contribution in [0.2, 0.25) is 0 Å². The highest BCUT2D eigenvalue weighted by molar-refractivity contribution is 5.47. The van der Waals surface area contributed by atoms with Crippen molar-refractivity contribution in [2.45, 2.75) is 19.1 Å². The van der Waals surface area contributed by atoms with E-state index in [2.05, 4.69) is 22.9 Å². The van der Waals surface area contributed by atoms with Crippen molar-refractivity contribution in [1.29, 1.82) is 0 Å². The summed E-state index contributed by atoms with van der Waals surface area (Å²) in [5, 5.41) is 0. The molecule has 0 saturated carbocycles. The van der Waals surface area contributed by atoms with Crippen LogP contribution in [-0.2, 0) is 4.74 Å². The molecular formula is C10H12N2O. The highest BCUT2D eigenvalue weighted by atomic mass is 16.5. The normalized spacial score (nSPS) is 30.4. The van der Waals surface area contributed by atoms with Crippen LogP contribution in [-0.4, -0.2) is 30.3 Å². The molecule has 3 rings (SSSR count). The highest BCUT2D eigenvalue weighted by Crippen LogP contribution is 2.33. The molecule has 0 amide bonds. The first-order valence-electron chi connectivity index (χ1n) is 4.65. The first-order chi connectivity index (χ1) is 6.34. The molecule has 3 heteroatoms. The Morgan fingerprint density at radius 3 is 3.08 bits per heavy atom. The molecule has 0 spiro atoms. The lowest BCUT2D eigenvalue weighted by atomic mass is 9.95. The van der Waals surface area contributed by atoms with Crippen molar-refractivity contribution in [3.63, 3.8) is 0 Å². The largest absolute Gasteiger partial charge is 0.372 e. The zero-order chi connectivity index (χ0) is 8.84. The molecule has 68 valence electrons. The number of pyridine rings is 1. The SMILES string of the molecule is Cc1ccnc(N2CC3OC[C@@H]32)c1. The van der Waals surface area contributed by atoms with Gasteiger partial charge in [0.05, 0.1) is 18.8 Å². The molecule has 0 radical (unpaired) electrons. The van der Waals surface area contributed by atoms with Gasteiger partial charge >= 0.3 is 0 Å². The van der Waals surface area contributed by atoms with Crippen molar-refractivity contribution in [2.75, 3.05) is 18.1 Å². The van der Waals surface area contributed by atoms with Crippen LogP contribution in [0.15, 0.2) is 18.3 Å². The average molecular weight is 176 g/mol. The predicted octanol–water partition coefficient (Wildman–Crippen LogP) is 0.977. The van der Waals surface area contributed by atoms with Crippen LogP contribution in [0.5, 0.6) is 0 Å². The molecule has 0 aliphatic carbocycles. The van der Waals surface area contributed by atoms with E-state index in [9.17, 15) is 0 Å². The van der Waals surface area contributed by atoms with Crippen LogP contribution in [0.25, 0.3) is 0 Å². The van der Waals surface area contributed by atoms with Gasteiger partial charge in [0.1, 0.15) is 5.82 Å². The molecule has 3 nitrogen and oxygen atoms in total. The van der Waals surface area contributed by atoms with Gasteiger partial charge < -0.3 is 9.64 Å². The number of rotatable bonds is 1. The zero-order valence-corrected chi connectivity index (χ0v) is 7.60. The minimum Gasteiger partial charge on any atom is -0.372 e. The van der Waals surface area contributed by atoms with Crippen LogP contribution in [0, 0.1) is 6.92 Å². The summed E-state index contributed by atoms with van der Waals surface area (Å²) in [6.07, 6.45) is 2.36. The lowest BCUT2D eigenvalue weighted by Crippen LogP contribution is -2.71. The maximum atomic E-state index is 5.34. The Kier molecular flexibility index (Phi) is 1.38. The first kappa shape index (κ1) is 7.33. The van der Waals surface area contributed by atoms with Gasteiger partial charge in [-0.3, -0.25) is 0 Å². The third-order valence-electron chi connectivity index (χ3n) is 2.88. The number of anilines is 1. The van der Waals surface area contributed by atoms with Crippen LogP contribution in [0.4, 0.5) is 5.82 Å². The Balaban J connectivity index is 1.85. The van der Waals surface area contributed by atoms with Crippen molar-refractivity contribution >= 4 is 5.82 Å². The van der Waals surface area contributed by atoms with E-state index in [1.807, 2.05) is 12.3 Å². The predicted molar refractivity (Wildman–Crippen MR) is 49.8 cm³/mol. The number of morpholine rings is 1. The molecule has 2 saturated heterocycles. The van der Waals surface area contributed by atoms with Gasteiger partial charge in [-0.1, -0.05) is 0 Å². The molecule has 1 unspecified atom stereocenters. The summed E-state index contributed by atoms with van der Waals surface area (Å²) in [6, 6.07) is 4.77. The summed E-state index contributed by atoms with van der Waals surface area (Å²) in [7, 11) is 0. The molecule has 0 bridgehead atoms. The molecule has 2 aliphatic heterocycles. The van der Waals surface area contributed by atoms with E-state index in [1.54, 1.807) is 0 Å². The average Bonchev–Trinajstić information content (AvgIpc) is 2.10. The Bertz CT molecular complexity index is 339. The molecular weight excluding hydrogens is 164 g/mol. The molecule has 0 N–H and O–H groups in total. The van der Waals surface area contributed by atoms with Crippen molar-refractivity contribution in [1.82, 2.24) is 4.98 Å². The summed E-state index contributed by atoms with van der Waals surface area (Å²) in [4.78, 5) is 6.67. The zero-order valence-electron chi connectivity index (χ0n) is 7.60. The molecule has 1 aromatic rings. The fourth-order valence-electron chi connectivity index (χ4n) is 1.92. The first-order valence-corrected chi connectivity index (χ1v) is 4.65. The number of aryl methyl sites for hydroxylation is 1. The summed E-state index contributed by atoms with van der Waals surface area (Å²) >= 11 is 0. The number of hydrogen-bond donors (Lipinski definition) is 0. The minimum absolute atomic E-state index is 0.488. The highest BCUT2D eigenvalue weighted by Gasteiger charge is 2.47. The molecule has 1 aromatic heterocycles. The van der Waals surface area contributed by atoms with Gasteiger partial charge in [-0.25, -0.2) is 4.98 Å². The van der Waals surface area contributed by atoms with Crippen molar-refractivity contribution in [2.24, 2.45) is 0 Å². The maximum absolute atomic E-state index is 5.34. The van der Waals surface area contributed by atoms with Crippen LogP contribution in [0.1, 0.15) is 5.56 Å². The Labute approximate surface area is 77.3 Å². The van der Waals surface area contributed by atoms with E-state index in [-0.39, 0.29) is 0 Å². The molecule has 3 heterocycles.